The third-order valence-electron chi connectivity index (χ3n) is 1.31. The molecule has 3 N–H and O–H groups in total. The molecule has 0 fully saturated rings. The molecule has 0 aliphatic carbocycles. The van der Waals surface area contributed by atoms with Crippen molar-refractivity contribution in [1.29, 1.82) is 0 Å². The molecule has 1 aromatic carbocycles. The average molecular weight is 149 g/mol. The molecule has 0 spiro atoms. The summed E-state index contributed by atoms with van der Waals surface area (Å²) in [7, 11) is 0. The SMILES string of the molecule is Nc1ccccc1[CH](O)[Al]. The first-order valence-corrected chi connectivity index (χ1v) is 3.66. The van der Waals surface area contributed by atoms with Gasteiger partial charge in [-0.15, -0.1) is 0 Å². The molecular formula is C7H8AlNO. The smallest absolute Gasteiger partial charge is 0.178 e. The van der Waals surface area contributed by atoms with Crippen LogP contribution in [0.1, 0.15) is 10.5 Å². The summed E-state index contributed by atoms with van der Waals surface area (Å²) in [5, 5.41) is 9.09. The fourth-order valence-electron chi connectivity index (χ4n) is 0.780. The number of benzene rings is 1. The van der Waals surface area contributed by atoms with Gasteiger partial charge in [0.2, 0.25) is 0 Å². The lowest BCUT2D eigenvalue weighted by atomic mass is 10.2. The Kier molecular flexibility index (Phi) is 2.34. The molecular weight excluding hydrogens is 141 g/mol. The third-order valence-corrected chi connectivity index (χ3v) is 1.67. The molecule has 1 rings (SSSR count). The number of anilines is 1. The lowest BCUT2D eigenvalue weighted by molar-refractivity contribution is 0.263. The highest BCUT2D eigenvalue weighted by atomic mass is 27.0. The molecule has 0 aliphatic rings. The molecule has 1 atom stereocenters. The molecule has 1 unspecified atom stereocenters. The maximum atomic E-state index is 9.09. The van der Waals surface area contributed by atoms with E-state index in [0.717, 1.165) is 5.56 Å². The normalized spacial score (nSPS) is 12.9. The summed E-state index contributed by atoms with van der Waals surface area (Å²) in [5.74, 6) is 0. The summed E-state index contributed by atoms with van der Waals surface area (Å²) < 4.78 is 0. The van der Waals surface area contributed by atoms with Crippen LogP contribution in [0.3, 0.4) is 0 Å². The molecule has 3 heteroatoms. The van der Waals surface area contributed by atoms with Crippen LogP contribution in [0.2, 0.25) is 0 Å². The van der Waals surface area contributed by atoms with Crippen molar-refractivity contribution in [2.75, 3.05) is 5.73 Å². The lowest BCUT2D eigenvalue weighted by Crippen LogP contribution is -2.00. The van der Waals surface area contributed by atoms with E-state index in [9.17, 15) is 0 Å². The summed E-state index contributed by atoms with van der Waals surface area (Å²) in [6.45, 7) is 0. The third kappa shape index (κ3) is 1.51. The van der Waals surface area contributed by atoms with Gasteiger partial charge in [-0.25, -0.2) is 0 Å². The molecule has 0 amide bonds. The molecule has 10 heavy (non-hydrogen) atoms. The van der Waals surface area contributed by atoms with E-state index in [1.54, 1.807) is 12.1 Å². The van der Waals surface area contributed by atoms with E-state index in [0.29, 0.717) is 5.69 Å². The largest absolute Gasteiger partial charge is 0.406 e. The molecule has 0 saturated heterocycles. The Balaban J connectivity index is 3.03. The van der Waals surface area contributed by atoms with Crippen LogP contribution in [0.15, 0.2) is 24.3 Å². The van der Waals surface area contributed by atoms with E-state index in [1.807, 2.05) is 12.1 Å². The lowest BCUT2D eigenvalue weighted by Gasteiger charge is -2.07. The molecule has 0 bridgehead atoms. The quantitative estimate of drug-likeness (QED) is 0.449. The zero-order chi connectivity index (χ0) is 7.56. The zero-order valence-corrected chi connectivity index (χ0v) is 6.64. The van der Waals surface area contributed by atoms with Gasteiger partial charge in [-0.2, -0.15) is 0 Å². The minimum absolute atomic E-state index is 0.554. The van der Waals surface area contributed by atoms with Gasteiger partial charge in [-0.3, -0.25) is 0 Å². The highest BCUT2D eigenvalue weighted by Gasteiger charge is 2.00. The van der Waals surface area contributed by atoms with E-state index >= 15 is 0 Å². The number of hydrogen-bond donors (Lipinski definition) is 2. The van der Waals surface area contributed by atoms with Crippen LogP contribution in [-0.4, -0.2) is 21.4 Å². The standard InChI is InChI=1S/C7H8NO.Al/c8-7-4-2-1-3-6(7)5-9;/h1-5,9H,8H2;. The Morgan fingerprint density at radius 1 is 1.40 bits per heavy atom. The molecule has 2 nitrogen and oxygen atoms in total. The van der Waals surface area contributed by atoms with Crippen molar-refractivity contribution < 1.29 is 5.11 Å². The number of nitrogen functional groups attached to an aromatic ring is 1. The van der Waals surface area contributed by atoms with Gasteiger partial charge in [0.25, 0.3) is 0 Å². The van der Waals surface area contributed by atoms with E-state index < -0.39 is 4.97 Å². The van der Waals surface area contributed by atoms with Gasteiger partial charge in [-0.05, 0) is 11.6 Å². The zero-order valence-electron chi connectivity index (χ0n) is 5.49. The molecule has 0 heterocycles. The van der Waals surface area contributed by atoms with Crippen LogP contribution < -0.4 is 5.73 Å². The van der Waals surface area contributed by atoms with Gasteiger partial charge in [0, 0.05) is 10.7 Å². The van der Waals surface area contributed by atoms with Crippen LogP contribution in [0.5, 0.6) is 0 Å². The second kappa shape index (κ2) is 3.07. The summed E-state index contributed by atoms with van der Waals surface area (Å²) in [6.07, 6.45) is 0. The van der Waals surface area contributed by atoms with E-state index in [4.69, 9.17) is 10.8 Å². The van der Waals surface area contributed by atoms with Gasteiger partial charge < -0.3 is 10.8 Å². The minimum atomic E-state index is -0.554. The van der Waals surface area contributed by atoms with Crippen molar-refractivity contribution in [2.45, 2.75) is 4.97 Å². The van der Waals surface area contributed by atoms with Crippen LogP contribution in [0.25, 0.3) is 0 Å². The summed E-state index contributed by atoms with van der Waals surface area (Å²) >= 11 is 2.28. The first kappa shape index (κ1) is 7.62. The number of rotatable bonds is 1. The Hall–Kier alpha value is -0.488. The van der Waals surface area contributed by atoms with Gasteiger partial charge in [0.15, 0.2) is 16.3 Å². The molecule has 0 saturated carbocycles. The predicted octanol–water partition coefficient (Wildman–Crippen LogP) is 0.428. The summed E-state index contributed by atoms with van der Waals surface area (Å²) in [5.41, 5.74) is 6.93. The second-order valence-corrected chi connectivity index (χ2v) is 2.71. The first-order valence-electron chi connectivity index (χ1n) is 3.00. The first-order chi connectivity index (χ1) is 4.72. The molecule has 0 aromatic heterocycles. The maximum absolute atomic E-state index is 9.09. The van der Waals surface area contributed by atoms with Crippen LogP contribution in [-0.2, 0) is 0 Å². The van der Waals surface area contributed by atoms with Gasteiger partial charge in [0.05, 0.1) is 0 Å². The molecule has 1 aromatic rings. The van der Waals surface area contributed by atoms with E-state index in [1.165, 1.54) is 0 Å². The van der Waals surface area contributed by atoms with Crippen molar-refractivity contribution >= 4 is 22.0 Å². The molecule has 50 valence electrons. The number of aliphatic hydroxyl groups is 1. The number of nitrogens with two attached hydrogens (primary N) is 1. The van der Waals surface area contributed by atoms with Gasteiger partial charge >= 0.3 is 0 Å². The Labute approximate surface area is 68.1 Å². The van der Waals surface area contributed by atoms with Crippen molar-refractivity contribution in [3.8, 4) is 0 Å². The maximum Gasteiger partial charge on any atom is 0.178 e. The number of hydrogen-bond acceptors (Lipinski definition) is 2. The van der Waals surface area contributed by atoms with Crippen molar-refractivity contribution in [3.05, 3.63) is 29.8 Å². The summed E-state index contributed by atoms with van der Waals surface area (Å²) in [6, 6.07) is 7.25. The number of aliphatic hydroxyl groups excluding tert-OH is 1. The van der Waals surface area contributed by atoms with Gasteiger partial charge in [0.1, 0.15) is 0 Å². The minimum Gasteiger partial charge on any atom is -0.406 e. The highest BCUT2D eigenvalue weighted by Crippen LogP contribution is 2.16. The monoisotopic (exact) mass is 149 g/mol. The highest BCUT2D eigenvalue weighted by molar-refractivity contribution is 6.11. The van der Waals surface area contributed by atoms with E-state index in [2.05, 4.69) is 16.3 Å². The molecule has 2 radical (unpaired) electrons. The fourth-order valence-corrected chi connectivity index (χ4v) is 1.08. The van der Waals surface area contributed by atoms with Crippen LogP contribution >= 0.6 is 0 Å². The molecule has 0 aliphatic heterocycles. The Morgan fingerprint density at radius 3 is 2.40 bits per heavy atom. The Bertz CT molecular complexity index is 225. The topological polar surface area (TPSA) is 46.2 Å². The van der Waals surface area contributed by atoms with Gasteiger partial charge in [-0.1, -0.05) is 18.2 Å². The predicted molar refractivity (Wildman–Crippen MR) is 41.6 cm³/mol. The van der Waals surface area contributed by atoms with Crippen molar-refractivity contribution in [1.82, 2.24) is 0 Å². The fraction of sp³-hybridized carbons (Fsp3) is 0.143. The van der Waals surface area contributed by atoms with Crippen LogP contribution in [0.4, 0.5) is 5.69 Å². The van der Waals surface area contributed by atoms with Crippen molar-refractivity contribution in [2.24, 2.45) is 0 Å². The second-order valence-electron chi connectivity index (χ2n) is 2.07. The van der Waals surface area contributed by atoms with E-state index in [-0.39, 0.29) is 0 Å². The summed E-state index contributed by atoms with van der Waals surface area (Å²) in [4.78, 5) is -0.554. The van der Waals surface area contributed by atoms with Crippen LogP contribution in [0, 0.1) is 0 Å². The number of para-hydroxylation sites is 1. The Morgan fingerprint density at radius 2 is 2.00 bits per heavy atom. The average Bonchev–Trinajstić information content (AvgIpc) is 1.88. The van der Waals surface area contributed by atoms with Crippen molar-refractivity contribution in [3.63, 3.8) is 0 Å².